The molecule has 0 amide bonds. The van der Waals surface area contributed by atoms with Gasteiger partial charge in [-0.05, 0) is 43.8 Å². The molecule has 1 aliphatic rings. The second kappa shape index (κ2) is 8.52. The third kappa shape index (κ3) is 6.16. The van der Waals surface area contributed by atoms with Gasteiger partial charge in [-0.15, -0.1) is 0 Å². The molecular weight excluding hydrogens is 260 g/mol. The number of likely N-dealkylation sites (tertiary alicyclic amines) is 1. The first kappa shape index (κ1) is 16.5. The number of benzene rings is 1. The Hall–Kier alpha value is -0.900. The summed E-state index contributed by atoms with van der Waals surface area (Å²) in [5, 5.41) is 13.5. The van der Waals surface area contributed by atoms with Gasteiger partial charge in [0.1, 0.15) is 0 Å². The van der Waals surface area contributed by atoms with Gasteiger partial charge in [-0.1, -0.05) is 44.2 Å². The fourth-order valence-electron chi connectivity index (χ4n) is 3.07. The van der Waals surface area contributed by atoms with Crippen molar-refractivity contribution in [1.82, 2.24) is 10.2 Å². The molecule has 1 fully saturated rings. The van der Waals surface area contributed by atoms with E-state index in [1.165, 1.54) is 18.4 Å². The van der Waals surface area contributed by atoms with Gasteiger partial charge in [-0.3, -0.25) is 4.90 Å². The van der Waals surface area contributed by atoms with Crippen molar-refractivity contribution in [2.75, 3.05) is 19.6 Å². The molecule has 1 aromatic carbocycles. The molecule has 3 nitrogen and oxygen atoms in total. The molecular formula is C18H30N2O. The predicted molar refractivity (Wildman–Crippen MR) is 88.2 cm³/mol. The molecule has 0 saturated carbocycles. The smallest absolute Gasteiger partial charge is 0.0667 e. The van der Waals surface area contributed by atoms with Crippen molar-refractivity contribution in [2.45, 2.75) is 51.8 Å². The van der Waals surface area contributed by atoms with Crippen LogP contribution in [-0.4, -0.2) is 41.8 Å². The second-order valence-electron chi connectivity index (χ2n) is 6.73. The quantitative estimate of drug-likeness (QED) is 0.810. The standard InChI is InChI=1S/C18H30N2O/c1-15(2)12-18(21)13-19-17-8-10-20(11-9-17)14-16-6-4-3-5-7-16/h3-7,15,17-19,21H,8-14H2,1-2H3. The third-order valence-electron chi connectivity index (χ3n) is 4.22. The first-order valence-electron chi connectivity index (χ1n) is 8.31. The largest absolute Gasteiger partial charge is 0.392 e. The molecule has 118 valence electrons. The highest BCUT2D eigenvalue weighted by Crippen LogP contribution is 2.14. The first-order chi connectivity index (χ1) is 10.1. The summed E-state index contributed by atoms with van der Waals surface area (Å²) in [6.07, 6.45) is 3.05. The lowest BCUT2D eigenvalue weighted by molar-refractivity contribution is 0.130. The number of nitrogens with zero attached hydrogens (tertiary/aromatic N) is 1. The summed E-state index contributed by atoms with van der Waals surface area (Å²) in [4.78, 5) is 2.53. The second-order valence-corrected chi connectivity index (χ2v) is 6.73. The van der Waals surface area contributed by atoms with Crippen LogP contribution in [0.3, 0.4) is 0 Å². The van der Waals surface area contributed by atoms with Crippen LogP contribution in [0.4, 0.5) is 0 Å². The van der Waals surface area contributed by atoms with Crippen molar-refractivity contribution in [2.24, 2.45) is 5.92 Å². The predicted octanol–water partition coefficient (Wildman–Crippen LogP) is 2.65. The highest BCUT2D eigenvalue weighted by atomic mass is 16.3. The van der Waals surface area contributed by atoms with Gasteiger partial charge in [0.25, 0.3) is 0 Å². The molecule has 1 heterocycles. The molecule has 2 N–H and O–H groups in total. The summed E-state index contributed by atoms with van der Waals surface area (Å²) in [6, 6.07) is 11.3. The molecule has 2 rings (SSSR count). The Balaban J connectivity index is 1.64. The molecule has 1 aliphatic heterocycles. The van der Waals surface area contributed by atoms with E-state index in [0.717, 1.165) is 32.6 Å². The van der Waals surface area contributed by atoms with Crippen LogP contribution in [-0.2, 0) is 6.54 Å². The van der Waals surface area contributed by atoms with Crippen LogP contribution in [0.15, 0.2) is 30.3 Å². The number of hydrogen-bond donors (Lipinski definition) is 2. The summed E-state index contributed by atoms with van der Waals surface area (Å²) in [5.41, 5.74) is 1.40. The number of aliphatic hydroxyl groups excluding tert-OH is 1. The average Bonchev–Trinajstić information content (AvgIpc) is 2.47. The number of nitrogens with one attached hydrogen (secondary N) is 1. The molecule has 0 spiro atoms. The minimum absolute atomic E-state index is 0.202. The van der Waals surface area contributed by atoms with E-state index in [9.17, 15) is 5.11 Å². The van der Waals surface area contributed by atoms with E-state index >= 15 is 0 Å². The molecule has 0 aliphatic carbocycles. The molecule has 1 aromatic rings. The number of rotatable bonds is 7. The van der Waals surface area contributed by atoms with Crippen molar-refractivity contribution in [1.29, 1.82) is 0 Å². The van der Waals surface area contributed by atoms with Gasteiger partial charge in [0.05, 0.1) is 6.10 Å². The van der Waals surface area contributed by atoms with E-state index in [0.29, 0.717) is 12.0 Å². The SMILES string of the molecule is CC(C)CC(O)CNC1CCN(Cc2ccccc2)CC1. The van der Waals surface area contributed by atoms with E-state index in [4.69, 9.17) is 0 Å². The van der Waals surface area contributed by atoms with Gasteiger partial charge in [-0.25, -0.2) is 0 Å². The van der Waals surface area contributed by atoms with Crippen molar-refractivity contribution < 1.29 is 5.11 Å². The summed E-state index contributed by atoms with van der Waals surface area (Å²) in [7, 11) is 0. The topological polar surface area (TPSA) is 35.5 Å². The maximum absolute atomic E-state index is 9.92. The van der Waals surface area contributed by atoms with Crippen LogP contribution in [0.25, 0.3) is 0 Å². The molecule has 1 saturated heterocycles. The molecule has 21 heavy (non-hydrogen) atoms. The van der Waals surface area contributed by atoms with Crippen molar-refractivity contribution in [3.8, 4) is 0 Å². The van der Waals surface area contributed by atoms with Crippen LogP contribution in [0.2, 0.25) is 0 Å². The first-order valence-corrected chi connectivity index (χ1v) is 8.31. The molecule has 1 unspecified atom stereocenters. The van der Waals surface area contributed by atoms with Crippen molar-refractivity contribution >= 4 is 0 Å². The highest BCUT2D eigenvalue weighted by Gasteiger charge is 2.19. The number of aliphatic hydroxyl groups is 1. The maximum atomic E-state index is 9.92. The van der Waals surface area contributed by atoms with Gasteiger partial charge in [-0.2, -0.15) is 0 Å². The Morgan fingerprint density at radius 3 is 2.48 bits per heavy atom. The average molecular weight is 290 g/mol. The zero-order valence-electron chi connectivity index (χ0n) is 13.5. The number of hydrogen-bond acceptors (Lipinski definition) is 3. The highest BCUT2D eigenvalue weighted by molar-refractivity contribution is 5.14. The van der Waals surface area contributed by atoms with Crippen LogP contribution in [0.1, 0.15) is 38.7 Å². The Kier molecular flexibility index (Phi) is 6.68. The maximum Gasteiger partial charge on any atom is 0.0667 e. The summed E-state index contributed by atoms with van der Waals surface area (Å²) in [5.74, 6) is 0.564. The lowest BCUT2D eigenvalue weighted by Crippen LogP contribution is -2.44. The normalized spacial score (nSPS) is 19.0. The van der Waals surface area contributed by atoms with Gasteiger partial charge in [0.2, 0.25) is 0 Å². The van der Waals surface area contributed by atoms with E-state index in [2.05, 4.69) is 54.4 Å². The third-order valence-corrected chi connectivity index (χ3v) is 4.22. The van der Waals surface area contributed by atoms with Gasteiger partial charge in [0.15, 0.2) is 0 Å². The fraction of sp³-hybridized carbons (Fsp3) is 0.667. The van der Waals surface area contributed by atoms with E-state index in [-0.39, 0.29) is 6.10 Å². The van der Waals surface area contributed by atoms with Gasteiger partial charge >= 0.3 is 0 Å². The number of piperidine rings is 1. The summed E-state index contributed by atoms with van der Waals surface area (Å²) < 4.78 is 0. The molecule has 3 heteroatoms. The van der Waals surface area contributed by atoms with E-state index in [1.54, 1.807) is 0 Å². The van der Waals surface area contributed by atoms with Crippen LogP contribution in [0.5, 0.6) is 0 Å². The summed E-state index contributed by atoms with van der Waals surface area (Å²) >= 11 is 0. The van der Waals surface area contributed by atoms with Crippen LogP contribution in [0, 0.1) is 5.92 Å². The zero-order chi connectivity index (χ0) is 15.1. The minimum Gasteiger partial charge on any atom is -0.392 e. The lowest BCUT2D eigenvalue weighted by atomic mass is 10.0. The van der Waals surface area contributed by atoms with Crippen molar-refractivity contribution in [3.05, 3.63) is 35.9 Å². The van der Waals surface area contributed by atoms with Crippen LogP contribution < -0.4 is 5.32 Å². The Morgan fingerprint density at radius 2 is 1.86 bits per heavy atom. The van der Waals surface area contributed by atoms with Gasteiger partial charge < -0.3 is 10.4 Å². The minimum atomic E-state index is -0.202. The molecule has 0 bridgehead atoms. The monoisotopic (exact) mass is 290 g/mol. The fourth-order valence-corrected chi connectivity index (χ4v) is 3.07. The van der Waals surface area contributed by atoms with Crippen molar-refractivity contribution in [3.63, 3.8) is 0 Å². The molecule has 0 radical (unpaired) electrons. The Bertz CT molecular complexity index is 385. The zero-order valence-corrected chi connectivity index (χ0v) is 13.5. The Morgan fingerprint density at radius 1 is 1.19 bits per heavy atom. The Labute approximate surface area is 129 Å². The van der Waals surface area contributed by atoms with Crippen LogP contribution >= 0.6 is 0 Å². The lowest BCUT2D eigenvalue weighted by Gasteiger charge is -2.33. The molecule has 1 atom stereocenters. The van der Waals surface area contributed by atoms with Gasteiger partial charge in [0, 0.05) is 19.1 Å². The van der Waals surface area contributed by atoms with E-state index in [1.807, 2.05) is 0 Å². The summed E-state index contributed by atoms with van der Waals surface area (Å²) in [6.45, 7) is 8.40. The molecule has 0 aromatic heterocycles. The van der Waals surface area contributed by atoms with E-state index < -0.39 is 0 Å².